The number of piperidine rings is 1. The summed E-state index contributed by atoms with van der Waals surface area (Å²) in [6, 6.07) is 13.9. The molecule has 134 valence electrons. The normalized spacial score (nSPS) is 17.3. The maximum Gasteiger partial charge on any atom is 0.226 e. The second-order valence-electron chi connectivity index (χ2n) is 7.08. The first kappa shape index (κ1) is 17.3. The zero-order valence-corrected chi connectivity index (χ0v) is 16.1. The van der Waals surface area contributed by atoms with Crippen LogP contribution in [-0.4, -0.2) is 30.2 Å². The first-order valence-electron chi connectivity index (χ1n) is 9.00. The van der Waals surface area contributed by atoms with E-state index >= 15 is 0 Å². The molecule has 1 saturated heterocycles. The van der Waals surface area contributed by atoms with E-state index in [-0.39, 0.29) is 11.8 Å². The van der Waals surface area contributed by atoms with Gasteiger partial charge in [-0.3, -0.25) is 9.59 Å². The molecule has 0 atom stereocenters. The van der Waals surface area contributed by atoms with Crippen LogP contribution in [-0.2, 0) is 17.9 Å². The number of aldehydes is 1. The van der Waals surface area contributed by atoms with Gasteiger partial charge in [-0.05, 0) is 60.4 Å². The van der Waals surface area contributed by atoms with Crippen LogP contribution in [0.2, 0.25) is 0 Å². The largest absolute Gasteiger partial charge is 0.371 e. The van der Waals surface area contributed by atoms with E-state index in [9.17, 15) is 9.59 Å². The van der Waals surface area contributed by atoms with Gasteiger partial charge in [-0.1, -0.05) is 22.0 Å². The van der Waals surface area contributed by atoms with E-state index in [1.54, 1.807) is 0 Å². The molecule has 0 bridgehead atoms. The molecular weight excluding hydrogens is 392 g/mol. The maximum atomic E-state index is 12.9. The summed E-state index contributed by atoms with van der Waals surface area (Å²) < 4.78 is 1.07. The second kappa shape index (κ2) is 7.23. The van der Waals surface area contributed by atoms with E-state index in [2.05, 4.69) is 33.0 Å². The Morgan fingerprint density at radius 1 is 1.00 bits per heavy atom. The molecule has 2 aliphatic rings. The number of fused-ring (bicyclic) bond motifs is 1. The molecule has 0 aliphatic carbocycles. The van der Waals surface area contributed by atoms with Crippen molar-refractivity contribution in [2.75, 3.05) is 18.0 Å². The van der Waals surface area contributed by atoms with Gasteiger partial charge in [-0.25, -0.2) is 0 Å². The zero-order chi connectivity index (χ0) is 18.1. The maximum absolute atomic E-state index is 12.9. The molecule has 0 aromatic heterocycles. The molecule has 5 heteroatoms. The van der Waals surface area contributed by atoms with Crippen molar-refractivity contribution in [2.24, 2.45) is 5.92 Å². The van der Waals surface area contributed by atoms with Gasteiger partial charge in [0.1, 0.15) is 6.29 Å². The first-order valence-corrected chi connectivity index (χ1v) is 9.79. The molecule has 2 aromatic rings. The third kappa shape index (κ3) is 3.40. The zero-order valence-electron chi connectivity index (χ0n) is 14.5. The highest BCUT2D eigenvalue weighted by atomic mass is 79.9. The molecule has 0 saturated carbocycles. The highest BCUT2D eigenvalue weighted by molar-refractivity contribution is 9.10. The Kier molecular flexibility index (Phi) is 4.81. The topological polar surface area (TPSA) is 40.6 Å². The number of anilines is 1. The smallest absolute Gasteiger partial charge is 0.226 e. The van der Waals surface area contributed by atoms with Gasteiger partial charge < -0.3 is 9.80 Å². The molecule has 1 fully saturated rings. The van der Waals surface area contributed by atoms with Crippen LogP contribution in [0.15, 0.2) is 46.9 Å². The molecule has 0 unspecified atom stereocenters. The molecule has 0 N–H and O–H groups in total. The van der Waals surface area contributed by atoms with Gasteiger partial charge in [-0.2, -0.15) is 0 Å². The number of hydrogen-bond acceptors (Lipinski definition) is 3. The van der Waals surface area contributed by atoms with Crippen molar-refractivity contribution in [2.45, 2.75) is 25.9 Å². The van der Waals surface area contributed by atoms with E-state index in [1.807, 2.05) is 35.2 Å². The SMILES string of the molecule is O=Cc1ccc(N2CCC(C(=O)N3Cc4ccc(Br)cc4C3)CC2)cc1. The Morgan fingerprint density at radius 2 is 1.69 bits per heavy atom. The van der Waals surface area contributed by atoms with Crippen molar-refractivity contribution < 1.29 is 9.59 Å². The Hall–Kier alpha value is -2.14. The van der Waals surface area contributed by atoms with Crippen LogP contribution in [0.5, 0.6) is 0 Å². The molecule has 4 nitrogen and oxygen atoms in total. The lowest BCUT2D eigenvalue weighted by Crippen LogP contribution is -2.41. The average molecular weight is 413 g/mol. The number of benzene rings is 2. The number of rotatable bonds is 3. The fraction of sp³-hybridized carbons (Fsp3) is 0.333. The van der Waals surface area contributed by atoms with E-state index in [1.165, 1.54) is 11.1 Å². The molecular formula is C21H21BrN2O2. The molecule has 2 aromatic carbocycles. The van der Waals surface area contributed by atoms with Crippen LogP contribution in [0, 0.1) is 5.92 Å². The Morgan fingerprint density at radius 3 is 2.38 bits per heavy atom. The fourth-order valence-corrected chi connectivity index (χ4v) is 4.33. The molecule has 2 heterocycles. The van der Waals surface area contributed by atoms with E-state index in [4.69, 9.17) is 0 Å². The summed E-state index contributed by atoms with van der Waals surface area (Å²) in [6.07, 6.45) is 2.62. The minimum absolute atomic E-state index is 0.109. The molecule has 1 amide bonds. The Bertz CT molecular complexity index is 826. The van der Waals surface area contributed by atoms with Gasteiger partial charge in [0.05, 0.1) is 0 Å². The number of amides is 1. The minimum Gasteiger partial charge on any atom is -0.371 e. The highest BCUT2D eigenvalue weighted by Crippen LogP contribution is 2.30. The lowest BCUT2D eigenvalue weighted by Gasteiger charge is -2.34. The number of halogens is 1. The second-order valence-corrected chi connectivity index (χ2v) is 7.99. The number of carbonyl (C=O) groups is 2. The highest BCUT2D eigenvalue weighted by Gasteiger charge is 2.31. The van der Waals surface area contributed by atoms with Crippen LogP contribution >= 0.6 is 15.9 Å². The molecule has 0 spiro atoms. The van der Waals surface area contributed by atoms with Gasteiger partial charge in [-0.15, -0.1) is 0 Å². The van der Waals surface area contributed by atoms with E-state index in [0.29, 0.717) is 5.56 Å². The Balaban J connectivity index is 1.36. The van der Waals surface area contributed by atoms with Crippen molar-refractivity contribution in [1.29, 1.82) is 0 Å². The lowest BCUT2D eigenvalue weighted by atomic mass is 9.95. The first-order chi connectivity index (χ1) is 12.6. The average Bonchev–Trinajstić information content (AvgIpc) is 3.11. The summed E-state index contributed by atoms with van der Waals surface area (Å²) >= 11 is 3.51. The van der Waals surface area contributed by atoms with Crippen molar-refractivity contribution in [3.8, 4) is 0 Å². The van der Waals surface area contributed by atoms with Crippen LogP contribution in [0.3, 0.4) is 0 Å². The van der Waals surface area contributed by atoms with Gasteiger partial charge in [0.25, 0.3) is 0 Å². The third-order valence-corrected chi connectivity index (χ3v) is 5.93. The monoisotopic (exact) mass is 412 g/mol. The van der Waals surface area contributed by atoms with Crippen molar-refractivity contribution in [3.05, 3.63) is 63.6 Å². The predicted molar refractivity (Wildman–Crippen MR) is 105 cm³/mol. The summed E-state index contributed by atoms with van der Waals surface area (Å²) in [4.78, 5) is 28.0. The molecule has 26 heavy (non-hydrogen) atoms. The van der Waals surface area contributed by atoms with E-state index < -0.39 is 0 Å². The van der Waals surface area contributed by atoms with Crippen LogP contribution < -0.4 is 4.90 Å². The molecule has 4 rings (SSSR count). The third-order valence-electron chi connectivity index (χ3n) is 5.44. The summed E-state index contributed by atoms with van der Waals surface area (Å²) in [5, 5.41) is 0. The quantitative estimate of drug-likeness (QED) is 0.714. The standard InChI is InChI=1S/C21H21BrN2O2/c22-19-4-3-17-12-24(13-18(17)11-19)21(26)16-7-9-23(10-8-16)20-5-1-15(14-25)2-6-20/h1-6,11,14,16H,7-10,12-13H2. The Labute approximate surface area is 161 Å². The van der Waals surface area contributed by atoms with Crippen molar-refractivity contribution in [1.82, 2.24) is 4.90 Å². The van der Waals surface area contributed by atoms with Crippen LogP contribution in [0.1, 0.15) is 34.3 Å². The summed E-state index contributed by atoms with van der Waals surface area (Å²) in [5.41, 5.74) is 4.33. The fourth-order valence-electron chi connectivity index (χ4n) is 3.93. The van der Waals surface area contributed by atoms with Crippen LogP contribution in [0.25, 0.3) is 0 Å². The number of nitrogens with zero attached hydrogens (tertiary/aromatic N) is 2. The van der Waals surface area contributed by atoms with Crippen molar-refractivity contribution in [3.63, 3.8) is 0 Å². The summed E-state index contributed by atoms with van der Waals surface area (Å²) in [5.74, 6) is 0.395. The predicted octanol–water partition coefficient (Wildman–Crippen LogP) is 4.02. The summed E-state index contributed by atoms with van der Waals surface area (Å²) in [7, 11) is 0. The van der Waals surface area contributed by atoms with Gasteiger partial charge in [0, 0.05) is 47.8 Å². The van der Waals surface area contributed by atoms with Gasteiger partial charge in [0.15, 0.2) is 0 Å². The van der Waals surface area contributed by atoms with Crippen molar-refractivity contribution >= 4 is 33.8 Å². The lowest BCUT2D eigenvalue weighted by molar-refractivity contribution is -0.136. The number of carbonyl (C=O) groups excluding carboxylic acids is 2. The van der Waals surface area contributed by atoms with Gasteiger partial charge >= 0.3 is 0 Å². The van der Waals surface area contributed by atoms with Crippen LogP contribution in [0.4, 0.5) is 5.69 Å². The van der Waals surface area contributed by atoms with Gasteiger partial charge in [0.2, 0.25) is 5.91 Å². The molecule has 0 radical (unpaired) electrons. The number of hydrogen-bond donors (Lipinski definition) is 0. The molecule has 2 aliphatic heterocycles. The van der Waals surface area contributed by atoms with E-state index in [0.717, 1.165) is 55.5 Å². The summed E-state index contributed by atoms with van der Waals surface area (Å²) in [6.45, 7) is 3.21. The minimum atomic E-state index is 0.109.